The number of hydrogen-bond donors (Lipinski definition) is 0. The smallest absolute Gasteiger partial charge is 0.225 e. The molecular weight excluding hydrogens is 424 g/mol. The number of sulfone groups is 1. The van der Waals surface area contributed by atoms with E-state index in [-0.39, 0.29) is 6.04 Å². The molecule has 1 saturated heterocycles. The molecule has 0 amide bonds. The van der Waals surface area contributed by atoms with E-state index in [4.69, 9.17) is 0 Å². The molecule has 0 atom stereocenters. The molecule has 0 bridgehead atoms. The summed E-state index contributed by atoms with van der Waals surface area (Å²) in [5.74, 6) is 0.782. The number of fused-ring (bicyclic) bond motifs is 1. The van der Waals surface area contributed by atoms with E-state index >= 15 is 0 Å². The Hall–Kier alpha value is -3.33. The summed E-state index contributed by atoms with van der Waals surface area (Å²) in [6, 6.07) is 13.3. The minimum atomic E-state index is -3.21. The van der Waals surface area contributed by atoms with Gasteiger partial charge in [0, 0.05) is 31.7 Å². The molecule has 0 saturated carbocycles. The second kappa shape index (κ2) is 7.98. The molecule has 1 fully saturated rings. The van der Waals surface area contributed by atoms with Gasteiger partial charge in [-0.2, -0.15) is 0 Å². The molecule has 9 heteroatoms. The minimum absolute atomic E-state index is 0.279. The van der Waals surface area contributed by atoms with Gasteiger partial charge in [0.25, 0.3) is 0 Å². The first-order chi connectivity index (χ1) is 15.4. The summed E-state index contributed by atoms with van der Waals surface area (Å²) in [6.07, 6.45) is 6.82. The van der Waals surface area contributed by atoms with E-state index in [9.17, 15) is 8.42 Å². The SMILES string of the molecule is Cc1cnc(N2CCC(n3nnc4cc(-c5ccc(S(C)(=O)=O)cc5)ccc43)CC2)nc1. The van der Waals surface area contributed by atoms with Crippen LogP contribution < -0.4 is 4.90 Å². The van der Waals surface area contributed by atoms with Crippen molar-refractivity contribution in [3.8, 4) is 11.1 Å². The van der Waals surface area contributed by atoms with E-state index < -0.39 is 9.84 Å². The zero-order valence-electron chi connectivity index (χ0n) is 18.0. The van der Waals surface area contributed by atoms with E-state index in [0.717, 1.165) is 59.6 Å². The van der Waals surface area contributed by atoms with Crippen LogP contribution in [0, 0.1) is 6.92 Å². The lowest BCUT2D eigenvalue weighted by Crippen LogP contribution is -2.36. The van der Waals surface area contributed by atoms with Crippen LogP contribution in [0.25, 0.3) is 22.2 Å². The van der Waals surface area contributed by atoms with E-state index in [1.807, 2.05) is 54.3 Å². The van der Waals surface area contributed by atoms with E-state index in [1.54, 1.807) is 12.1 Å². The van der Waals surface area contributed by atoms with Gasteiger partial charge in [-0.25, -0.2) is 23.1 Å². The van der Waals surface area contributed by atoms with Gasteiger partial charge in [0.1, 0.15) is 5.52 Å². The number of rotatable bonds is 4. The predicted octanol–water partition coefficient (Wildman–Crippen LogP) is 3.44. The molecule has 164 valence electrons. The van der Waals surface area contributed by atoms with E-state index in [1.165, 1.54) is 6.26 Å². The van der Waals surface area contributed by atoms with Crippen LogP contribution >= 0.6 is 0 Å². The normalized spacial score (nSPS) is 15.4. The third-order valence-corrected chi connectivity index (χ3v) is 7.08. The van der Waals surface area contributed by atoms with Crippen LogP contribution in [0.15, 0.2) is 59.8 Å². The Labute approximate surface area is 186 Å². The second-order valence-corrected chi connectivity index (χ2v) is 10.3. The van der Waals surface area contributed by atoms with Crippen molar-refractivity contribution in [1.29, 1.82) is 0 Å². The number of piperidine rings is 1. The van der Waals surface area contributed by atoms with Crippen LogP contribution in [0.2, 0.25) is 0 Å². The molecule has 5 rings (SSSR count). The standard InChI is InChI=1S/C23H24N6O2S/c1-16-14-24-23(25-15-16)28-11-9-19(10-12-28)29-22-8-5-18(13-21(22)26-27-29)17-3-6-20(7-4-17)32(2,30)31/h3-8,13-15,19H,9-12H2,1-2H3. The Bertz CT molecular complexity index is 1360. The molecule has 8 nitrogen and oxygen atoms in total. The summed E-state index contributed by atoms with van der Waals surface area (Å²) in [5.41, 5.74) is 4.82. The number of hydrogen-bond acceptors (Lipinski definition) is 7. The van der Waals surface area contributed by atoms with Crippen molar-refractivity contribution in [3.05, 3.63) is 60.4 Å². The van der Waals surface area contributed by atoms with Crippen molar-refractivity contribution < 1.29 is 8.42 Å². The monoisotopic (exact) mass is 448 g/mol. The van der Waals surface area contributed by atoms with Crippen LogP contribution in [0.4, 0.5) is 5.95 Å². The summed E-state index contributed by atoms with van der Waals surface area (Å²) in [7, 11) is -3.21. The van der Waals surface area contributed by atoms with Crippen LogP contribution in [-0.2, 0) is 9.84 Å². The highest BCUT2D eigenvalue weighted by atomic mass is 32.2. The molecule has 0 aliphatic carbocycles. The first-order valence-corrected chi connectivity index (χ1v) is 12.5. The molecule has 1 aliphatic rings. The van der Waals surface area contributed by atoms with Crippen LogP contribution in [0.5, 0.6) is 0 Å². The van der Waals surface area contributed by atoms with Crippen molar-refractivity contribution in [2.75, 3.05) is 24.2 Å². The maximum absolute atomic E-state index is 11.7. The minimum Gasteiger partial charge on any atom is -0.341 e. The third kappa shape index (κ3) is 3.95. The quantitative estimate of drug-likeness (QED) is 0.472. The number of benzene rings is 2. The zero-order valence-corrected chi connectivity index (χ0v) is 18.8. The van der Waals surface area contributed by atoms with E-state index in [0.29, 0.717) is 4.90 Å². The molecule has 0 radical (unpaired) electrons. The molecule has 4 aromatic rings. The Kier molecular flexibility index (Phi) is 5.13. The molecular formula is C23H24N6O2S. The van der Waals surface area contributed by atoms with Crippen LogP contribution in [0.3, 0.4) is 0 Å². The van der Waals surface area contributed by atoms with Gasteiger partial charge >= 0.3 is 0 Å². The van der Waals surface area contributed by atoms with E-state index in [2.05, 4.69) is 25.2 Å². The van der Waals surface area contributed by atoms with Gasteiger partial charge < -0.3 is 4.90 Å². The molecule has 0 unspecified atom stereocenters. The van der Waals surface area contributed by atoms with Crippen molar-refractivity contribution in [3.63, 3.8) is 0 Å². The fraction of sp³-hybridized carbons (Fsp3) is 0.304. The Balaban J connectivity index is 1.34. The molecule has 2 aromatic carbocycles. The largest absolute Gasteiger partial charge is 0.341 e. The lowest BCUT2D eigenvalue weighted by molar-refractivity contribution is 0.367. The van der Waals surface area contributed by atoms with Gasteiger partial charge in [-0.1, -0.05) is 23.4 Å². The van der Waals surface area contributed by atoms with Gasteiger partial charge in [0.15, 0.2) is 9.84 Å². The topological polar surface area (TPSA) is 93.9 Å². The average Bonchev–Trinajstić information content (AvgIpc) is 3.22. The molecule has 32 heavy (non-hydrogen) atoms. The Morgan fingerprint density at radius 1 is 0.938 bits per heavy atom. The number of aromatic nitrogens is 5. The first kappa shape index (κ1) is 20.6. The van der Waals surface area contributed by atoms with Gasteiger partial charge in [0.05, 0.1) is 16.5 Å². The highest BCUT2D eigenvalue weighted by Gasteiger charge is 2.24. The average molecular weight is 449 g/mol. The molecule has 3 heterocycles. The van der Waals surface area contributed by atoms with Gasteiger partial charge in [0.2, 0.25) is 5.95 Å². The van der Waals surface area contributed by atoms with Crippen molar-refractivity contribution in [2.24, 2.45) is 0 Å². The van der Waals surface area contributed by atoms with Gasteiger partial charge in [-0.15, -0.1) is 5.10 Å². The molecule has 0 N–H and O–H groups in total. The highest BCUT2D eigenvalue weighted by Crippen LogP contribution is 2.29. The van der Waals surface area contributed by atoms with Gasteiger partial charge in [-0.05, 0) is 60.7 Å². The summed E-state index contributed by atoms with van der Waals surface area (Å²) in [5, 5.41) is 8.85. The molecule has 2 aromatic heterocycles. The lowest BCUT2D eigenvalue weighted by Gasteiger charge is -2.32. The number of nitrogens with zero attached hydrogens (tertiary/aromatic N) is 6. The van der Waals surface area contributed by atoms with Crippen LogP contribution in [0.1, 0.15) is 24.4 Å². The second-order valence-electron chi connectivity index (χ2n) is 8.31. The predicted molar refractivity (Wildman–Crippen MR) is 123 cm³/mol. The van der Waals surface area contributed by atoms with Crippen molar-refractivity contribution in [2.45, 2.75) is 30.7 Å². The zero-order chi connectivity index (χ0) is 22.3. The maximum Gasteiger partial charge on any atom is 0.225 e. The summed E-state index contributed by atoms with van der Waals surface area (Å²) < 4.78 is 25.4. The number of anilines is 1. The molecule has 1 aliphatic heterocycles. The fourth-order valence-corrected chi connectivity index (χ4v) is 4.78. The lowest BCUT2D eigenvalue weighted by atomic mass is 10.0. The highest BCUT2D eigenvalue weighted by molar-refractivity contribution is 7.90. The number of aryl methyl sites for hydroxylation is 1. The van der Waals surface area contributed by atoms with Crippen molar-refractivity contribution >= 4 is 26.8 Å². The van der Waals surface area contributed by atoms with Gasteiger partial charge in [-0.3, -0.25) is 0 Å². The Morgan fingerprint density at radius 2 is 1.59 bits per heavy atom. The summed E-state index contributed by atoms with van der Waals surface area (Å²) >= 11 is 0. The third-order valence-electron chi connectivity index (χ3n) is 5.95. The summed E-state index contributed by atoms with van der Waals surface area (Å²) in [6.45, 7) is 3.74. The van der Waals surface area contributed by atoms with Crippen LogP contribution in [-0.4, -0.2) is 52.7 Å². The van der Waals surface area contributed by atoms with Crippen molar-refractivity contribution in [1.82, 2.24) is 25.0 Å². The first-order valence-electron chi connectivity index (χ1n) is 10.6. The Morgan fingerprint density at radius 3 is 2.25 bits per heavy atom. The molecule has 0 spiro atoms. The maximum atomic E-state index is 11.7. The summed E-state index contributed by atoms with van der Waals surface area (Å²) in [4.78, 5) is 11.4. The fourth-order valence-electron chi connectivity index (χ4n) is 4.15.